The minimum Gasteiger partial charge on any atom is -0.507 e. The summed E-state index contributed by atoms with van der Waals surface area (Å²) in [5.74, 6) is 0.341. The van der Waals surface area contributed by atoms with Gasteiger partial charge in [0.05, 0.1) is 26.4 Å². The van der Waals surface area contributed by atoms with E-state index < -0.39 is 20.6 Å². The molecule has 33 heavy (non-hydrogen) atoms. The van der Waals surface area contributed by atoms with E-state index in [0.717, 1.165) is 47.9 Å². The largest absolute Gasteiger partial charge is 0.507 e. The standard InChI is InChI=1S/C24H42O7P2/c1-8-28-32(26,29-9-2)22(33(27,30-10-3)31-11-4)17-18-16-21(24(5,6)7)23(25)20-15-13-12-14-19(18)20/h16,22,25H,8-15,17H2,1-7H3. The van der Waals surface area contributed by atoms with Gasteiger partial charge in [-0.15, -0.1) is 0 Å². The number of phenols is 1. The van der Waals surface area contributed by atoms with Crippen molar-refractivity contribution in [3.05, 3.63) is 28.3 Å². The van der Waals surface area contributed by atoms with Gasteiger partial charge in [0.15, 0.2) is 5.40 Å². The zero-order chi connectivity index (χ0) is 24.9. The Morgan fingerprint density at radius 1 is 0.848 bits per heavy atom. The second-order valence-corrected chi connectivity index (χ2v) is 14.1. The molecule has 0 aliphatic heterocycles. The predicted octanol–water partition coefficient (Wildman–Crippen LogP) is 6.97. The van der Waals surface area contributed by atoms with E-state index >= 15 is 0 Å². The van der Waals surface area contributed by atoms with Gasteiger partial charge >= 0.3 is 15.2 Å². The van der Waals surface area contributed by atoms with Gasteiger partial charge in [-0.3, -0.25) is 9.13 Å². The highest BCUT2D eigenvalue weighted by atomic mass is 31.2. The molecule has 0 atom stereocenters. The molecule has 0 bridgehead atoms. The van der Waals surface area contributed by atoms with Crippen LogP contribution in [0.1, 0.15) is 83.6 Å². The van der Waals surface area contributed by atoms with Crippen LogP contribution >= 0.6 is 15.2 Å². The van der Waals surface area contributed by atoms with Gasteiger partial charge < -0.3 is 23.2 Å². The van der Waals surface area contributed by atoms with Crippen molar-refractivity contribution in [1.82, 2.24) is 0 Å². The molecule has 0 unspecified atom stereocenters. The smallest absolute Gasteiger partial charge is 0.346 e. The highest BCUT2D eigenvalue weighted by Crippen LogP contribution is 2.71. The summed E-state index contributed by atoms with van der Waals surface area (Å²) in [6.45, 7) is 13.7. The number of hydrogen-bond donors (Lipinski definition) is 1. The zero-order valence-electron chi connectivity index (χ0n) is 21.3. The van der Waals surface area contributed by atoms with Gasteiger partial charge in [0.2, 0.25) is 0 Å². The van der Waals surface area contributed by atoms with Gasteiger partial charge in [0.25, 0.3) is 0 Å². The average molecular weight is 505 g/mol. The quantitative estimate of drug-likeness (QED) is 0.307. The van der Waals surface area contributed by atoms with Crippen molar-refractivity contribution in [2.45, 2.75) is 91.4 Å². The van der Waals surface area contributed by atoms with E-state index in [1.54, 1.807) is 27.7 Å². The van der Waals surface area contributed by atoms with Crippen molar-refractivity contribution in [2.24, 2.45) is 0 Å². The van der Waals surface area contributed by atoms with E-state index in [9.17, 15) is 14.2 Å². The van der Waals surface area contributed by atoms with Crippen LogP contribution in [0, 0.1) is 0 Å². The number of phenolic OH excluding ortho intramolecular Hbond substituents is 1. The van der Waals surface area contributed by atoms with Crippen LogP contribution in [-0.4, -0.2) is 36.9 Å². The van der Waals surface area contributed by atoms with Crippen LogP contribution < -0.4 is 0 Å². The van der Waals surface area contributed by atoms with Crippen molar-refractivity contribution < 1.29 is 32.3 Å². The summed E-state index contributed by atoms with van der Waals surface area (Å²) in [6, 6.07) is 1.97. The molecule has 0 amide bonds. The van der Waals surface area contributed by atoms with E-state index in [2.05, 4.69) is 20.8 Å². The van der Waals surface area contributed by atoms with Crippen LogP contribution in [0.25, 0.3) is 0 Å². The Labute approximate surface area is 199 Å². The third-order valence-corrected chi connectivity index (χ3v) is 11.9. The molecule has 1 N–H and O–H groups in total. The van der Waals surface area contributed by atoms with Crippen LogP contribution in [-0.2, 0) is 51.9 Å². The van der Waals surface area contributed by atoms with Crippen LogP contribution in [0.15, 0.2) is 6.07 Å². The number of fused-ring (bicyclic) bond motifs is 1. The van der Waals surface area contributed by atoms with Crippen molar-refractivity contribution in [3.63, 3.8) is 0 Å². The van der Waals surface area contributed by atoms with Crippen molar-refractivity contribution in [3.8, 4) is 5.75 Å². The topological polar surface area (TPSA) is 91.3 Å². The summed E-state index contributed by atoms with van der Waals surface area (Å²) < 4.78 is 50.7. The SMILES string of the molecule is CCOP(=O)(OCC)C(Cc1cc(C(C)(C)C)c(O)c2c1CCCC2)P(=O)(OCC)OCC. The second-order valence-electron chi connectivity index (χ2n) is 9.28. The third-order valence-electron chi connectivity index (χ3n) is 5.89. The van der Waals surface area contributed by atoms with E-state index in [0.29, 0.717) is 5.75 Å². The fourth-order valence-electron chi connectivity index (χ4n) is 4.50. The van der Waals surface area contributed by atoms with Crippen LogP contribution in [0.5, 0.6) is 5.75 Å². The Morgan fingerprint density at radius 2 is 1.27 bits per heavy atom. The molecule has 9 heteroatoms. The van der Waals surface area contributed by atoms with Crippen LogP contribution in [0.4, 0.5) is 0 Å². The molecule has 0 fully saturated rings. The summed E-state index contributed by atoms with van der Waals surface area (Å²) in [5, 5.41) is 9.97. The molecule has 0 saturated carbocycles. The number of aromatic hydroxyl groups is 1. The van der Waals surface area contributed by atoms with Gasteiger partial charge in [-0.25, -0.2) is 0 Å². The Bertz CT molecular complexity index is 842. The van der Waals surface area contributed by atoms with Gasteiger partial charge in [0, 0.05) is 0 Å². The average Bonchev–Trinajstić information content (AvgIpc) is 2.73. The second kappa shape index (κ2) is 11.8. The predicted molar refractivity (Wildman–Crippen MR) is 133 cm³/mol. The third kappa shape index (κ3) is 6.51. The van der Waals surface area contributed by atoms with Crippen molar-refractivity contribution in [1.29, 1.82) is 0 Å². The van der Waals surface area contributed by atoms with E-state index in [1.165, 1.54) is 0 Å². The van der Waals surface area contributed by atoms with Crippen LogP contribution in [0.2, 0.25) is 0 Å². The first-order chi connectivity index (χ1) is 15.5. The van der Waals surface area contributed by atoms with Crippen LogP contribution in [0.3, 0.4) is 0 Å². The molecule has 0 spiro atoms. The first-order valence-corrected chi connectivity index (χ1v) is 15.3. The molecule has 190 valence electrons. The Balaban J connectivity index is 2.74. The fraction of sp³-hybridized carbons (Fsp3) is 0.750. The lowest BCUT2D eigenvalue weighted by atomic mass is 9.78. The van der Waals surface area contributed by atoms with Gasteiger partial charge in [0.1, 0.15) is 5.75 Å². The number of hydrogen-bond acceptors (Lipinski definition) is 7. The molecule has 0 heterocycles. The Morgan fingerprint density at radius 3 is 1.67 bits per heavy atom. The summed E-state index contributed by atoms with van der Waals surface area (Å²) in [5.41, 5.74) is 3.40. The lowest BCUT2D eigenvalue weighted by Gasteiger charge is -2.33. The maximum absolute atomic E-state index is 14.0. The number of benzene rings is 1. The molecule has 1 aliphatic rings. The Kier molecular flexibility index (Phi) is 10.2. The summed E-state index contributed by atoms with van der Waals surface area (Å²) in [6.07, 6.45) is 3.74. The molecule has 1 aromatic rings. The van der Waals surface area contributed by atoms with E-state index in [1.807, 2.05) is 6.07 Å². The lowest BCUT2D eigenvalue weighted by molar-refractivity contribution is 0.195. The molecule has 7 nitrogen and oxygen atoms in total. The van der Waals surface area contributed by atoms with E-state index in [-0.39, 0.29) is 38.3 Å². The lowest BCUT2D eigenvalue weighted by Crippen LogP contribution is -2.23. The van der Waals surface area contributed by atoms with Gasteiger partial charge in [-0.1, -0.05) is 26.8 Å². The zero-order valence-corrected chi connectivity index (χ0v) is 23.1. The minimum atomic E-state index is -3.86. The highest BCUT2D eigenvalue weighted by molar-refractivity contribution is 7.72. The molecule has 0 aromatic heterocycles. The summed E-state index contributed by atoms with van der Waals surface area (Å²) in [7, 11) is -7.71. The molecule has 1 aliphatic carbocycles. The number of rotatable bonds is 12. The first-order valence-electron chi connectivity index (χ1n) is 12.1. The minimum absolute atomic E-state index is 0.146. The summed E-state index contributed by atoms with van der Waals surface area (Å²) in [4.78, 5) is 0. The van der Waals surface area contributed by atoms with E-state index in [4.69, 9.17) is 18.1 Å². The molecular weight excluding hydrogens is 462 g/mol. The summed E-state index contributed by atoms with van der Waals surface area (Å²) >= 11 is 0. The molecule has 0 radical (unpaired) electrons. The first kappa shape index (κ1) is 28.6. The normalized spacial score (nSPS) is 15.2. The van der Waals surface area contributed by atoms with Crippen molar-refractivity contribution >= 4 is 15.2 Å². The monoisotopic (exact) mass is 504 g/mol. The molecule has 0 saturated heterocycles. The Hall–Kier alpha value is -0.680. The molecule has 2 rings (SSSR count). The van der Waals surface area contributed by atoms with Gasteiger partial charge in [-0.05, 0) is 87.5 Å². The molecule has 1 aromatic carbocycles. The molecular formula is C24H42O7P2. The van der Waals surface area contributed by atoms with Crippen molar-refractivity contribution in [2.75, 3.05) is 26.4 Å². The van der Waals surface area contributed by atoms with Gasteiger partial charge in [-0.2, -0.15) is 0 Å². The maximum atomic E-state index is 14.0. The maximum Gasteiger partial charge on any atom is 0.346 e. The fourth-order valence-corrected chi connectivity index (χ4v) is 9.80. The highest BCUT2D eigenvalue weighted by Gasteiger charge is 2.51.